The molecule has 0 spiro atoms. The second kappa shape index (κ2) is 5.01. The van der Waals surface area contributed by atoms with E-state index in [9.17, 15) is 20.0 Å². The number of H-pyrrole nitrogens is 1. The van der Waals surface area contributed by atoms with Gasteiger partial charge in [0, 0.05) is 6.07 Å². The van der Waals surface area contributed by atoms with Gasteiger partial charge in [-0.25, -0.2) is 9.48 Å². The Kier molecular flexibility index (Phi) is 2.95. The second-order valence-electron chi connectivity index (χ2n) is 5.40. The van der Waals surface area contributed by atoms with Gasteiger partial charge in [-0.15, -0.1) is 0 Å². The third kappa shape index (κ3) is 1.91. The molecule has 9 nitrogen and oxygen atoms in total. The predicted octanol–water partition coefficient (Wildman–Crippen LogP) is 1.97. The maximum absolute atomic E-state index is 11.6. The van der Waals surface area contributed by atoms with Crippen LogP contribution in [0.1, 0.15) is 21.7 Å². The number of aromatic amines is 1. The number of aromatic nitrogens is 4. The lowest BCUT2D eigenvalue weighted by Crippen LogP contribution is -2.09. The average Bonchev–Trinajstić information content (AvgIpc) is 3.18. The number of nitrogens with one attached hydrogen (secondary N) is 1. The minimum Gasteiger partial charge on any atom is -0.476 e. The number of nitro groups is 1. The molecule has 0 amide bonds. The molecule has 1 aromatic carbocycles. The first-order valence-electron chi connectivity index (χ1n) is 7.19. The molecule has 0 fully saturated rings. The van der Waals surface area contributed by atoms with Crippen LogP contribution in [0.4, 0.5) is 5.69 Å². The number of aryl methyl sites for hydroxylation is 1. The zero-order valence-corrected chi connectivity index (χ0v) is 12.3. The summed E-state index contributed by atoms with van der Waals surface area (Å²) in [4.78, 5) is 22.4. The van der Waals surface area contributed by atoms with Crippen molar-refractivity contribution < 1.29 is 14.8 Å². The molecular formula is C15H11N5O4. The van der Waals surface area contributed by atoms with Gasteiger partial charge in [0.2, 0.25) is 0 Å². The van der Waals surface area contributed by atoms with Crippen LogP contribution < -0.4 is 0 Å². The minimum atomic E-state index is -1.19. The van der Waals surface area contributed by atoms with Gasteiger partial charge in [-0.1, -0.05) is 12.1 Å². The fourth-order valence-electron chi connectivity index (χ4n) is 3.06. The van der Waals surface area contributed by atoms with Crippen molar-refractivity contribution in [2.24, 2.45) is 0 Å². The minimum absolute atomic E-state index is 0.129. The monoisotopic (exact) mass is 325 g/mol. The first kappa shape index (κ1) is 14.1. The van der Waals surface area contributed by atoms with E-state index in [1.165, 1.54) is 10.7 Å². The standard InChI is InChI=1S/C15H11N5O4/c21-15(22)14-12-11(6-5-8-7-16-17-13(8)12)19(18-14)9-3-1-2-4-10(9)20(23)24/h1-4,7H,5-6H2,(H,16,17)(H,21,22). The van der Waals surface area contributed by atoms with Crippen LogP contribution in [0.3, 0.4) is 0 Å². The number of carbonyl (C=O) groups is 1. The van der Waals surface area contributed by atoms with Crippen LogP contribution in [-0.4, -0.2) is 36.0 Å². The largest absolute Gasteiger partial charge is 0.476 e. The number of hydrogen-bond donors (Lipinski definition) is 2. The zero-order chi connectivity index (χ0) is 16.8. The van der Waals surface area contributed by atoms with Gasteiger partial charge in [0.25, 0.3) is 5.69 Å². The molecule has 1 aliphatic carbocycles. The molecule has 0 radical (unpaired) electrons. The van der Waals surface area contributed by atoms with Crippen molar-refractivity contribution in [1.29, 1.82) is 0 Å². The lowest BCUT2D eigenvalue weighted by atomic mass is 9.94. The number of fused-ring (bicyclic) bond motifs is 3. The highest BCUT2D eigenvalue weighted by molar-refractivity contribution is 5.95. The van der Waals surface area contributed by atoms with Gasteiger partial charge in [-0.05, 0) is 24.5 Å². The highest BCUT2D eigenvalue weighted by atomic mass is 16.6. The topological polar surface area (TPSA) is 127 Å². The summed E-state index contributed by atoms with van der Waals surface area (Å²) in [5.41, 5.74) is 2.56. The van der Waals surface area contributed by atoms with Crippen LogP contribution in [0.2, 0.25) is 0 Å². The maximum atomic E-state index is 11.6. The Morgan fingerprint density at radius 2 is 2.12 bits per heavy atom. The number of rotatable bonds is 3. The van der Waals surface area contributed by atoms with E-state index in [1.54, 1.807) is 24.4 Å². The van der Waals surface area contributed by atoms with Gasteiger partial charge in [-0.3, -0.25) is 15.2 Å². The van der Waals surface area contributed by atoms with E-state index < -0.39 is 10.9 Å². The van der Waals surface area contributed by atoms with E-state index in [-0.39, 0.29) is 17.1 Å². The van der Waals surface area contributed by atoms with Crippen LogP contribution >= 0.6 is 0 Å². The fourth-order valence-corrected chi connectivity index (χ4v) is 3.06. The molecule has 0 atom stereocenters. The molecule has 2 N–H and O–H groups in total. The summed E-state index contributed by atoms with van der Waals surface area (Å²) in [6, 6.07) is 6.14. The summed E-state index contributed by atoms with van der Waals surface area (Å²) in [5, 5.41) is 31.7. The molecule has 120 valence electrons. The third-order valence-electron chi connectivity index (χ3n) is 4.09. The van der Waals surface area contributed by atoms with Crippen molar-refractivity contribution in [3.63, 3.8) is 0 Å². The van der Waals surface area contributed by atoms with E-state index in [1.807, 2.05) is 0 Å². The molecule has 0 aliphatic heterocycles. The van der Waals surface area contributed by atoms with Gasteiger partial charge >= 0.3 is 5.97 Å². The van der Waals surface area contributed by atoms with Gasteiger partial charge in [0.1, 0.15) is 5.69 Å². The van der Waals surface area contributed by atoms with Crippen LogP contribution in [-0.2, 0) is 12.8 Å². The predicted molar refractivity (Wildman–Crippen MR) is 82.2 cm³/mol. The highest BCUT2D eigenvalue weighted by Gasteiger charge is 2.31. The van der Waals surface area contributed by atoms with E-state index in [0.29, 0.717) is 29.8 Å². The smallest absolute Gasteiger partial charge is 0.357 e. The van der Waals surface area contributed by atoms with Crippen LogP contribution in [0.15, 0.2) is 30.5 Å². The lowest BCUT2D eigenvalue weighted by Gasteiger charge is -2.14. The number of nitrogens with zero attached hydrogens (tertiary/aromatic N) is 4. The maximum Gasteiger partial charge on any atom is 0.357 e. The number of benzene rings is 1. The summed E-state index contributed by atoms with van der Waals surface area (Å²) in [5.74, 6) is -1.19. The molecule has 0 unspecified atom stereocenters. The molecule has 2 heterocycles. The Morgan fingerprint density at radius 1 is 1.33 bits per heavy atom. The number of nitro benzene ring substituents is 1. The van der Waals surface area contributed by atoms with Gasteiger partial charge in [-0.2, -0.15) is 10.2 Å². The van der Waals surface area contributed by atoms with Gasteiger partial charge in [0.05, 0.1) is 28.1 Å². The Morgan fingerprint density at radius 3 is 2.88 bits per heavy atom. The first-order valence-corrected chi connectivity index (χ1v) is 7.19. The molecule has 24 heavy (non-hydrogen) atoms. The lowest BCUT2D eigenvalue weighted by molar-refractivity contribution is -0.384. The SMILES string of the molecule is O=C(O)c1nn(-c2ccccc2[N+](=O)[O-])c2c1-c1[nH]ncc1CC2. The van der Waals surface area contributed by atoms with Gasteiger partial charge in [0.15, 0.2) is 5.69 Å². The molecule has 1 aliphatic rings. The second-order valence-corrected chi connectivity index (χ2v) is 5.40. The molecule has 3 aromatic rings. The Labute approximate surface area is 134 Å². The van der Waals surface area contributed by atoms with Crippen molar-refractivity contribution in [3.8, 4) is 16.9 Å². The highest BCUT2D eigenvalue weighted by Crippen LogP contribution is 2.37. The van der Waals surface area contributed by atoms with E-state index >= 15 is 0 Å². The Balaban J connectivity index is 2.03. The van der Waals surface area contributed by atoms with E-state index in [0.717, 1.165) is 5.56 Å². The Bertz CT molecular complexity index is 988. The summed E-state index contributed by atoms with van der Waals surface area (Å²) < 4.78 is 1.36. The summed E-state index contributed by atoms with van der Waals surface area (Å²) in [6.45, 7) is 0. The van der Waals surface area contributed by atoms with Crippen LogP contribution in [0.5, 0.6) is 0 Å². The van der Waals surface area contributed by atoms with Gasteiger partial charge < -0.3 is 5.11 Å². The zero-order valence-electron chi connectivity index (χ0n) is 12.3. The molecule has 0 saturated heterocycles. The molecule has 4 rings (SSSR count). The molecule has 0 saturated carbocycles. The summed E-state index contributed by atoms with van der Waals surface area (Å²) >= 11 is 0. The molecule has 0 bridgehead atoms. The molecular weight excluding hydrogens is 314 g/mol. The summed E-state index contributed by atoms with van der Waals surface area (Å²) in [6.07, 6.45) is 2.84. The van der Waals surface area contributed by atoms with Crippen molar-refractivity contribution >= 4 is 11.7 Å². The van der Waals surface area contributed by atoms with Crippen LogP contribution in [0.25, 0.3) is 16.9 Å². The third-order valence-corrected chi connectivity index (χ3v) is 4.09. The molecule has 9 heteroatoms. The quantitative estimate of drug-likeness (QED) is 0.560. The number of carboxylic acids is 1. The number of aromatic carboxylic acids is 1. The number of carboxylic acid groups (broad SMARTS) is 1. The van der Waals surface area contributed by atoms with E-state index in [2.05, 4.69) is 15.3 Å². The van der Waals surface area contributed by atoms with Crippen molar-refractivity contribution in [3.05, 3.63) is 57.5 Å². The number of para-hydroxylation sites is 2. The van der Waals surface area contributed by atoms with Crippen molar-refractivity contribution in [1.82, 2.24) is 20.0 Å². The Hall–Kier alpha value is -3.49. The summed E-state index contributed by atoms with van der Waals surface area (Å²) in [7, 11) is 0. The first-order chi connectivity index (χ1) is 11.6. The van der Waals surface area contributed by atoms with Crippen LogP contribution in [0, 0.1) is 10.1 Å². The molecule has 2 aromatic heterocycles. The normalized spacial score (nSPS) is 12.5. The fraction of sp³-hybridized carbons (Fsp3) is 0.133. The number of hydrogen-bond acceptors (Lipinski definition) is 5. The van der Waals surface area contributed by atoms with Crippen molar-refractivity contribution in [2.75, 3.05) is 0 Å². The van der Waals surface area contributed by atoms with E-state index in [4.69, 9.17) is 0 Å². The van der Waals surface area contributed by atoms with Crippen molar-refractivity contribution in [2.45, 2.75) is 12.8 Å². The average molecular weight is 325 g/mol.